The number of ether oxygens (including phenoxy) is 3. The number of hydrogen-bond acceptors (Lipinski definition) is 10. The zero-order valence-electron chi connectivity index (χ0n) is 22.7. The highest BCUT2D eigenvalue weighted by Crippen LogP contribution is 2.39. The van der Waals surface area contributed by atoms with Gasteiger partial charge in [0.2, 0.25) is 0 Å². The summed E-state index contributed by atoms with van der Waals surface area (Å²) >= 11 is 12.6. The monoisotopic (exact) mass is 583 g/mol. The van der Waals surface area contributed by atoms with Crippen LogP contribution in [0.4, 0.5) is 11.5 Å². The Morgan fingerprint density at radius 1 is 1.20 bits per heavy atom. The van der Waals surface area contributed by atoms with Crippen LogP contribution >= 0.6 is 23.2 Å². The van der Waals surface area contributed by atoms with Gasteiger partial charge in [-0.15, -0.1) is 0 Å². The first-order chi connectivity index (χ1) is 19.1. The molecule has 0 amide bonds. The van der Waals surface area contributed by atoms with E-state index in [2.05, 4.69) is 28.3 Å². The lowest BCUT2D eigenvalue weighted by Crippen LogP contribution is -2.68. The minimum absolute atomic E-state index is 0.0860. The molecule has 1 aliphatic rings. The highest BCUT2D eigenvalue weighted by molar-refractivity contribution is 6.35. The molecule has 0 radical (unpaired) electrons. The van der Waals surface area contributed by atoms with Gasteiger partial charge in [0.25, 0.3) is 0 Å². The molecule has 1 aromatic carbocycles. The summed E-state index contributed by atoms with van der Waals surface area (Å²) in [4.78, 5) is 10.6. The average Bonchev–Trinajstić information content (AvgIpc) is 2.91. The molecule has 1 fully saturated rings. The standard InChI is InChI=1S/C28H31Cl2N7O3/c1-16(25-20(29)12-34-13-21(25)30)40-24-8-19(22(32)9-23(24)39-4)26(33)18-7-17(10-31)27(35-11-18)37-14-28(2,15-37)36-5-6-38-3/h7-9,11-13,16,33,36H,5-6,14-15,32H2,1-4H3/t16-/m1/s1. The molecule has 3 heterocycles. The second-order valence-corrected chi connectivity index (χ2v) is 10.6. The maximum atomic E-state index is 9.88. The summed E-state index contributed by atoms with van der Waals surface area (Å²) in [6.45, 7) is 6.68. The number of methoxy groups -OCH3 is 2. The van der Waals surface area contributed by atoms with Gasteiger partial charge < -0.3 is 30.2 Å². The van der Waals surface area contributed by atoms with E-state index in [1.54, 1.807) is 38.4 Å². The van der Waals surface area contributed by atoms with Gasteiger partial charge in [-0.3, -0.25) is 10.4 Å². The third-order valence-corrected chi connectivity index (χ3v) is 7.32. The summed E-state index contributed by atoms with van der Waals surface area (Å²) in [5.41, 5.74) is 8.41. The zero-order valence-corrected chi connectivity index (χ0v) is 24.2. The van der Waals surface area contributed by atoms with Gasteiger partial charge in [0.15, 0.2) is 11.5 Å². The Bertz CT molecular complexity index is 1430. The van der Waals surface area contributed by atoms with E-state index < -0.39 is 6.10 Å². The van der Waals surface area contributed by atoms with Crippen LogP contribution in [0.5, 0.6) is 11.5 Å². The summed E-state index contributed by atoms with van der Waals surface area (Å²) in [6, 6.07) is 7.09. The molecule has 4 rings (SSSR count). The molecule has 0 spiro atoms. The van der Waals surface area contributed by atoms with E-state index >= 15 is 0 Å². The van der Waals surface area contributed by atoms with Crippen molar-refractivity contribution in [1.29, 1.82) is 10.7 Å². The molecule has 1 saturated heterocycles. The lowest BCUT2D eigenvalue weighted by Gasteiger charge is -2.49. The Balaban J connectivity index is 1.58. The first-order valence-corrected chi connectivity index (χ1v) is 13.3. The minimum Gasteiger partial charge on any atom is -0.493 e. The van der Waals surface area contributed by atoms with Crippen molar-refractivity contribution in [2.75, 3.05) is 51.1 Å². The van der Waals surface area contributed by atoms with Gasteiger partial charge >= 0.3 is 0 Å². The smallest absolute Gasteiger partial charge is 0.162 e. The second-order valence-electron chi connectivity index (χ2n) is 9.79. The highest BCUT2D eigenvalue weighted by Gasteiger charge is 2.39. The number of rotatable bonds is 11. The van der Waals surface area contributed by atoms with Crippen LogP contribution in [0.15, 0.2) is 36.8 Å². The van der Waals surface area contributed by atoms with E-state index in [0.717, 1.165) is 6.54 Å². The third-order valence-electron chi connectivity index (χ3n) is 6.72. The SMILES string of the molecule is COCCNC1(C)CN(c2ncc(C(=N)c3cc(O[C@H](C)c4c(Cl)cncc4Cl)c(OC)cc3N)cc2C#N)C1. The summed E-state index contributed by atoms with van der Waals surface area (Å²) in [6.07, 6.45) is 4.01. The summed E-state index contributed by atoms with van der Waals surface area (Å²) in [5, 5.41) is 23.0. The number of nitrogen functional groups attached to an aromatic ring is 1. The van der Waals surface area contributed by atoms with Crippen molar-refractivity contribution >= 4 is 40.4 Å². The topological polar surface area (TPSA) is 142 Å². The number of nitriles is 1. The van der Waals surface area contributed by atoms with Crippen LogP contribution in [0.2, 0.25) is 10.0 Å². The number of hydrogen-bond donors (Lipinski definition) is 3. The van der Waals surface area contributed by atoms with Crippen LogP contribution < -0.4 is 25.4 Å². The number of halogens is 2. The number of pyridine rings is 2. The molecule has 1 atom stereocenters. The van der Waals surface area contributed by atoms with E-state index in [0.29, 0.717) is 75.0 Å². The van der Waals surface area contributed by atoms with Crippen molar-refractivity contribution in [2.45, 2.75) is 25.5 Å². The molecule has 0 bridgehead atoms. The molecule has 4 N–H and O–H groups in total. The number of nitrogens with zero attached hydrogens (tertiary/aromatic N) is 4. The van der Waals surface area contributed by atoms with Crippen LogP contribution in [-0.4, -0.2) is 61.7 Å². The molecule has 210 valence electrons. The Kier molecular flexibility index (Phi) is 9.01. The van der Waals surface area contributed by atoms with Crippen molar-refractivity contribution in [3.8, 4) is 17.6 Å². The molecular formula is C28H31Cl2N7O3. The van der Waals surface area contributed by atoms with Crippen molar-refractivity contribution in [3.63, 3.8) is 0 Å². The van der Waals surface area contributed by atoms with Gasteiger partial charge in [-0.2, -0.15) is 5.26 Å². The van der Waals surface area contributed by atoms with Crippen LogP contribution in [0.25, 0.3) is 0 Å². The Labute approximate surface area is 243 Å². The Hall–Kier alpha value is -3.62. The third kappa shape index (κ3) is 6.08. The fraction of sp³-hybridized carbons (Fsp3) is 0.357. The van der Waals surface area contributed by atoms with Crippen LogP contribution in [0.1, 0.15) is 42.2 Å². The van der Waals surface area contributed by atoms with Gasteiger partial charge in [-0.25, -0.2) is 4.98 Å². The number of benzene rings is 1. The zero-order chi connectivity index (χ0) is 29.0. The average molecular weight is 585 g/mol. The number of aromatic nitrogens is 2. The number of nitrogens with one attached hydrogen (secondary N) is 2. The first-order valence-electron chi connectivity index (χ1n) is 12.5. The normalized spacial score (nSPS) is 14.7. The summed E-state index contributed by atoms with van der Waals surface area (Å²) < 4.78 is 16.8. The largest absolute Gasteiger partial charge is 0.493 e. The quantitative estimate of drug-likeness (QED) is 0.167. The highest BCUT2D eigenvalue weighted by atomic mass is 35.5. The number of nitrogens with two attached hydrogens (primary N) is 1. The predicted molar refractivity (Wildman–Crippen MR) is 156 cm³/mol. The van der Waals surface area contributed by atoms with Crippen molar-refractivity contribution < 1.29 is 14.2 Å². The summed E-state index contributed by atoms with van der Waals surface area (Å²) in [5.74, 6) is 1.31. The molecule has 3 aromatic rings. The number of anilines is 2. The van der Waals surface area contributed by atoms with E-state index in [4.69, 9.17) is 48.6 Å². The minimum atomic E-state index is -0.556. The van der Waals surface area contributed by atoms with Crippen molar-refractivity contribution in [1.82, 2.24) is 15.3 Å². The molecule has 2 aromatic heterocycles. The molecule has 0 aliphatic carbocycles. The molecular weight excluding hydrogens is 553 g/mol. The van der Waals surface area contributed by atoms with Gasteiger partial charge in [0.1, 0.15) is 18.0 Å². The van der Waals surface area contributed by atoms with Gasteiger partial charge in [0, 0.05) is 73.8 Å². The maximum Gasteiger partial charge on any atom is 0.162 e. The molecule has 1 aliphatic heterocycles. The maximum absolute atomic E-state index is 9.88. The van der Waals surface area contributed by atoms with Crippen LogP contribution in [-0.2, 0) is 4.74 Å². The van der Waals surface area contributed by atoms with E-state index in [1.165, 1.54) is 19.5 Å². The Morgan fingerprint density at radius 2 is 1.90 bits per heavy atom. The van der Waals surface area contributed by atoms with Crippen molar-refractivity contribution in [3.05, 3.63) is 69.1 Å². The Morgan fingerprint density at radius 3 is 2.52 bits per heavy atom. The summed E-state index contributed by atoms with van der Waals surface area (Å²) in [7, 11) is 3.17. The molecule has 10 nitrogen and oxygen atoms in total. The predicted octanol–water partition coefficient (Wildman–Crippen LogP) is 4.62. The van der Waals surface area contributed by atoms with E-state index in [-0.39, 0.29) is 11.3 Å². The van der Waals surface area contributed by atoms with Crippen molar-refractivity contribution in [2.24, 2.45) is 0 Å². The fourth-order valence-corrected chi connectivity index (χ4v) is 5.37. The fourth-order valence-electron chi connectivity index (χ4n) is 4.70. The van der Waals surface area contributed by atoms with Crippen LogP contribution in [0, 0.1) is 16.7 Å². The lowest BCUT2D eigenvalue weighted by atomic mass is 9.91. The molecule has 0 saturated carbocycles. The molecule has 0 unspecified atom stereocenters. The van der Waals surface area contributed by atoms with Gasteiger partial charge in [-0.1, -0.05) is 23.2 Å². The van der Waals surface area contributed by atoms with Gasteiger partial charge in [-0.05, 0) is 26.0 Å². The lowest BCUT2D eigenvalue weighted by molar-refractivity contribution is 0.177. The second kappa shape index (κ2) is 12.3. The molecule has 12 heteroatoms. The first kappa shape index (κ1) is 29.4. The van der Waals surface area contributed by atoms with Crippen LogP contribution in [0.3, 0.4) is 0 Å². The van der Waals surface area contributed by atoms with Gasteiger partial charge in [0.05, 0.1) is 40.6 Å². The van der Waals surface area contributed by atoms with E-state index in [9.17, 15) is 5.26 Å². The molecule has 40 heavy (non-hydrogen) atoms. The van der Waals surface area contributed by atoms with E-state index in [1.807, 2.05) is 4.90 Å².